The van der Waals surface area contributed by atoms with Crippen LogP contribution in [0.5, 0.6) is 0 Å². The van der Waals surface area contributed by atoms with Crippen molar-refractivity contribution in [3.63, 3.8) is 0 Å². The van der Waals surface area contributed by atoms with Gasteiger partial charge >= 0.3 is 0 Å². The monoisotopic (exact) mass is 227 g/mol. The Balaban J connectivity index is 2.41. The van der Waals surface area contributed by atoms with Crippen LogP contribution in [-0.4, -0.2) is 17.8 Å². The van der Waals surface area contributed by atoms with Gasteiger partial charge in [-0.1, -0.05) is 20.8 Å². The van der Waals surface area contributed by atoms with E-state index in [4.69, 9.17) is 5.11 Å². The molecule has 1 atom stereocenters. The molecule has 0 aliphatic heterocycles. The molecule has 0 saturated carbocycles. The van der Waals surface area contributed by atoms with Crippen LogP contribution in [0.2, 0.25) is 0 Å². The van der Waals surface area contributed by atoms with Crippen LogP contribution < -0.4 is 5.32 Å². The molecule has 3 heteroatoms. The molecule has 1 aromatic rings. The number of hydrogen-bond acceptors (Lipinski definition) is 3. The molecule has 0 amide bonds. The summed E-state index contributed by atoms with van der Waals surface area (Å²) in [5.41, 5.74) is 0. The van der Waals surface area contributed by atoms with Gasteiger partial charge in [0.15, 0.2) is 0 Å². The van der Waals surface area contributed by atoms with Crippen molar-refractivity contribution in [1.29, 1.82) is 0 Å². The SMILES string of the molecule is CCc1ccc(CN[C@H](CO)C(C)C)s1. The first-order valence-corrected chi connectivity index (χ1v) is 6.40. The Hall–Kier alpha value is -0.380. The lowest BCUT2D eigenvalue weighted by Gasteiger charge is -2.19. The number of hydrogen-bond donors (Lipinski definition) is 2. The molecular formula is C12H21NOS. The average molecular weight is 227 g/mol. The highest BCUT2D eigenvalue weighted by atomic mass is 32.1. The van der Waals surface area contributed by atoms with E-state index in [-0.39, 0.29) is 12.6 Å². The minimum absolute atomic E-state index is 0.206. The molecule has 1 heterocycles. The summed E-state index contributed by atoms with van der Waals surface area (Å²) in [6, 6.07) is 4.56. The van der Waals surface area contributed by atoms with Gasteiger partial charge in [-0.3, -0.25) is 0 Å². The second kappa shape index (κ2) is 6.26. The van der Waals surface area contributed by atoms with Gasteiger partial charge in [0.05, 0.1) is 6.61 Å². The quantitative estimate of drug-likeness (QED) is 0.782. The van der Waals surface area contributed by atoms with Crippen LogP contribution in [-0.2, 0) is 13.0 Å². The van der Waals surface area contributed by atoms with Crippen molar-refractivity contribution in [1.82, 2.24) is 5.32 Å². The van der Waals surface area contributed by atoms with E-state index in [1.54, 1.807) is 0 Å². The first-order chi connectivity index (χ1) is 7.17. The number of nitrogens with one attached hydrogen (secondary N) is 1. The normalized spacial score (nSPS) is 13.4. The van der Waals surface area contributed by atoms with Gasteiger partial charge in [-0.15, -0.1) is 11.3 Å². The van der Waals surface area contributed by atoms with Gasteiger partial charge in [-0.2, -0.15) is 0 Å². The number of aliphatic hydroxyl groups is 1. The minimum Gasteiger partial charge on any atom is -0.395 e. The standard InChI is InChI=1S/C12H21NOS/c1-4-10-5-6-11(15-10)7-13-12(8-14)9(2)3/h5-6,9,12-14H,4,7-8H2,1-3H3/t12-/m1/s1. The van der Waals surface area contributed by atoms with E-state index in [1.807, 2.05) is 11.3 Å². The van der Waals surface area contributed by atoms with Crippen molar-refractivity contribution >= 4 is 11.3 Å². The van der Waals surface area contributed by atoms with Crippen LogP contribution in [0.3, 0.4) is 0 Å². The van der Waals surface area contributed by atoms with Crippen molar-refractivity contribution in [3.05, 3.63) is 21.9 Å². The fourth-order valence-corrected chi connectivity index (χ4v) is 2.36. The molecule has 0 spiro atoms. The van der Waals surface area contributed by atoms with Crippen molar-refractivity contribution in [2.24, 2.45) is 5.92 Å². The Bertz CT molecular complexity index is 283. The highest BCUT2D eigenvalue weighted by Crippen LogP contribution is 2.17. The van der Waals surface area contributed by atoms with Crippen LogP contribution in [0.15, 0.2) is 12.1 Å². The first kappa shape index (κ1) is 12.7. The van der Waals surface area contributed by atoms with Gasteiger partial charge in [0.2, 0.25) is 0 Å². The minimum atomic E-state index is 0.206. The molecule has 0 radical (unpaired) electrons. The molecule has 2 nitrogen and oxygen atoms in total. The molecule has 0 aliphatic rings. The summed E-state index contributed by atoms with van der Waals surface area (Å²) in [4.78, 5) is 2.78. The van der Waals surface area contributed by atoms with Crippen molar-refractivity contribution in [3.8, 4) is 0 Å². The largest absolute Gasteiger partial charge is 0.395 e. The predicted octanol–water partition coefficient (Wildman–Crippen LogP) is 2.42. The van der Waals surface area contributed by atoms with Gasteiger partial charge < -0.3 is 10.4 Å². The molecule has 0 unspecified atom stereocenters. The molecule has 0 fully saturated rings. The lowest BCUT2D eigenvalue weighted by atomic mass is 10.1. The van der Waals surface area contributed by atoms with Crippen LogP contribution in [0.4, 0.5) is 0 Å². The first-order valence-electron chi connectivity index (χ1n) is 5.59. The third-order valence-electron chi connectivity index (χ3n) is 2.61. The summed E-state index contributed by atoms with van der Waals surface area (Å²) in [6.07, 6.45) is 1.11. The smallest absolute Gasteiger partial charge is 0.0587 e. The Morgan fingerprint density at radius 1 is 1.33 bits per heavy atom. The van der Waals surface area contributed by atoms with Gasteiger partial charge in [-0.05, 0) is 24.5 Å². The second-order valence-electron chi connectivity index (χ2n) is 4.14. The number of aryl methyl sites for hydroxylation is 1. The predicted molar refractivity (Wildman–Crippen MR) is 66.2 cm³/mol. The fraction of sp³-hybridized carbons (Fsp3) is 0.667. The van der Waals surface area contributed by atoms with E-state index in [0.29, 0.717) is 5.92 Å². The average Bonchev–Trinajstić information content (AvgIpc) is 2.66. The van der Waals surface area contributed by atoms with Crippen molar-refractivity contribution in [2.75, 3.05) is 6.61 Å². The Morgan fingerprint density at radius 3 is 2.47 bits per heavy atom. The second-order valence-corrected chi connectivity index (χ2v) is 5.39. The van der Waals surface area contributed by atoms with E-state index in [2.05, 4.69) is 38.2 Å². The third-order valence-corrected chi connectivity index (χ3v) is 3.84. The van der Waals surface area contributed by atoms with Gasteiger partial charge in [0.25, 0.3) is 0 Å². The van der Waals surface area contributed by atoms with E-state index in [0.717, 1.165) is 13.0 Å². The Kier molecular flexibility index (Phi) is 5.29. The maximum Gasteiger partial charge on any atom is 0.0587 e. The van der Waals surface area contributed by atoms with Crippen molar-refractivity contribution in [2.45, 2.75) is 39.8 Å². The maximum absolute atomic E-state index is 9.17. The zero-order valence-corrected chi connectivity index (χ0v) is 10.6. The number of aliphatic hydroxyl groups excluding tert-OH is 1. The molecule has 15 heavy (non-hydrogen) atoms. The third kappa shape index (κ3) is 3.93. The molecule has 0 saturated heterocycles. The lowest BCUT2D eigenvalue weighted by molar-refractivity contribution is 0.210. The van der Waals surface area contributed by atoms with E-state index in [9.17, 15) is 0 Å². The molecule has 0 bridgehead atoms. The highest BCUT2D eigenvalue weighted by molar-refractivity contribution is 7.11. The van der Waals surface area contributed by atoms with Gasteiger partial charge in [-0.25, -0.2) is 0 Å². The molecular weight excluding hydrogens is 206 g/mol. The summed E-state index contributed by atoms with van der Waals surface area (Å²) >= 11 is 1.85. The highest BCUT2D eigenvalue weighted by Gasteiger charge is 2.11. The van der Waals surface area contributed by atoms with Crippen LogP contribution in [0.25, 0.3) is 0 Å². The molecule has 2 N–H and O–H groups in total. The summed E-state index contributed by atoms with van der Waals surface area (Å²) in [5.74, 6) is 0.473. The van der Waals surface area contributed by atoms with E-state index in [1.165, 1.54) is 9.75 Å². The maximum atomic E-state index is 9.17. The van der Waals surface area contributed by atoms with Crippen molar-refractivity contribution < 1.29 is 5.11 Å². The van der Waals surface area contributed by atoms with Gasteiger partial charge in [0.1, 0.15) is 0 Å². The number of rotatable bonds is 6. The zero-order chi connectivity index (χ0) is 11.3. The summed E-state index contributed by atoms with van der Waals surface area (Å²) in [5, 5.41) is 12.5. The van der Waals surface area contributed by atoms with Crippen LogP contribution in [0.1, 0.15) is 30.5 Å². The number of thiophene rings is 1. The Morgan fingerprint density at radius 2 is 2.00 bits per heavy atom. The fourth-order valence-electron chi connectivity index (χ4n) is 1.45. The molecule has 0 aliphatic carbocycles. The molecule has 1 aromatic heterocycles. The molecule has 1 rings (SSSR count). The Labute approximate surface area is 96.3 Å². The van der Waals surface area contributed by atoms with Gasteiger partial charge in [0, 0.05) is 22.3 Å². The topological polar surface area (TPSA) is 32.3 Å². The lowest BCUT2D eigenvalue weighted by Crippen LogP contribution is -2.36. The summed E-state index contributed by atoms with van der Waals surface area (Å²) in [7, 11) is 0. The summed E-state index contributed by atoms with van der Waals surface area (Å²) in [6.45, 7) is 7.50. The van der Waals surface area contributed by atoms with E-state index < -0.39 is 0 Å². The summed E-state index contributed by atoms with van der Waals surface area (Å²) < 4.78 is 0. The van der Waals surface area contributed by atoms with E-state index >= 15 is 0 Å². The molecule has 0 aromatic carbocycles. The van der Waals surface area contributed by atoms with Crippen LogP contribution in [0, 0.1) is 5.92 Å². The zero-order valence-electron chi connectivity index (χ0n) is 9.79. The van der Waals surface area contributed by atoms with Crippen LogP contribution >= 0.6 is 11.3 Å². The molecule has 86 valence electrons.